The Morgan fingerprint density at radius 2 is 1.73 bits per heavy atom. The highest BCUT2D eigenvalue weighted by atomic mass is 35.5. The molecule has 0 aliphatic rings. The minimum atomic E-state index is -3.84. The fourth-order valence-electron chi connectivity index (χ4n) is 1.68. The van der Waals surface area contributed by atoms with Gasteiger partial charge in [-0.1, -0.05) is 23.2 Å². The van der Waals surface area contributed by atoms with Crippen LogP contribution in [0, 0.1) is 0 Å². The van der Waals surface area contributed by atoms with Gasteiger partial charge in [0.1, 0.15) is 15.8 Å². The van der Waals surface area contributed by atoms with Gasteiger partial charge in [0.25, 0.3) is 10.0 Å². The average Bonchev–Trinajstić information content (AvgIpc) is 2.39. The molecule has 22 heavy (non-hydrogen) atoms. The van der Waals surface area contributed by atoms with Crippen LogP contribution in [0.5, 0.6) is 5.75 Å². The van der Waals surface area contributed by atoms with E-state index in [0.29, 0.717) is 11.4 Å². The topological polar surface area (TPSA) is 68.3 Å². The molecule has 0 aliphatic heterocycles. The summed E-state index contributed by atoms with van der Waals surface area (Å²) in [6.45, 7) is 3.82. The summed E-state index contributed by atoms with van der Waals surface area (Å²) >= 11 is 11.5. The van der Waals surface area contributed by atoms with Gasteiger partial charge in [0.05, 0.1) is 6.10 Å². The fraction of sp³-hybridized carbons (Fsp3) is 0.214. The van der Waals surface area contributed by atoms with Crippen molar-refractivity contribution in [1.82, 2.24) is 4.98 Å². The standard InChI is InChI=1S/C14H14Cl2N2O3S/c1-9(2)21-11-5-3-10(4-6-11)18-22(19,20)12-7-8-13(15)17-14(12)16/h3-9,18H,1-2H3. The summed E-state index contributed by atoms with van der Waals surface area (Å²) in [7, 11) is -3.84. The van der Waals surface area contributed by atoms with Gasteiger partial charge < -0.3 is 4.74 Å². The van der Waals surface area contributed by atoms with E-state index in [2.05, 4.69) is 9.71 Å². The second-order valence-corrected chi connectivity index (χ2v) is 7.12. The minimum absolute atomic E-state index is 0.0430. The van der Waals surface area contributed by atoms with Crippen molar-refractivity contribution >= 4 is 38.9 Å². The quantitative estimate of drug-likeness (QED) is 0.818. The van der Waals surface area contributed by atoms with Gasteiger partial charge in [0.15, 0.2) is 5.15 Å². The first-order valence-electron chi connectivity index (χ1n) is 6.39. The molecule has 0 aliphatic carbocycles. The summed E-state index contributed by atoms with van der Waals surface area (Å²) in [5.74, 6) is 0.657. The van der Waals surface area contributed by atoms with E-state index in [9.17, 15) is 8.42 Å². The van der Waals surface area contributed by atoms with Crippen LogP contribution in [0.3, 0.4) is 0 Å². The lowest BCUT2D eigenvalue weighted by atomic mass is 10.3. The Bertz CT molecular complexity index is 762. The third kappa shape index (κ3) is 4.25. The number of ether oxygens (including phenoxy) is 1. The van der Waals surface area contributed by atoms with Gasteiger partial charge in [-0.15, -0.1) is 0 Å². The summed E-state index contributed by atoms with van der Waals surface area (Å²) in [4.78, 5) is 3.58. The monoisotopic (exact) mass is 360 g/mol. The predicted octanol–water partition coefficient (Wildman–Crippen LogP) is 3.98. The highest BCUT2D eigenvalue weighted by Gasteiger charge is 2.19. The zero-order valence-electron chi connectivity index (χ0n) is 11.9. The van der Waals surface area contributed by atoms with E-state index >= 15 is 0 Å². The van der Waals surface area contributed by atoms with Gasteiger partial charge in [-0.25, -0.2) is 13.4 Å². The molecule has 0 radical (unpaired) electrons. The molecule has 1 heterocycles. The molecule has 1 aromatic heterocycles. The Balaban J connectivity index is 2.21. The van der Waals surface area contributed by atoms with Crippen molar-refractivity contribution in [3.05, 3.63) is 46.7 Å². The molecule has 1 aromatic carbocycles. The van der Waals surface area contributed by atoms with Crippen molar-refractivity contribution < 1.29 is 13.2 Å². The number of hydrogen-bond donors (Lipinski definition) is 1. The van der Waals surface area contributed by atoms with Crippen molar-refractivity contribution in [2.45, 2.75) is 24.8 Å². The van der Waals surface area contributed by atoms with Gasteiger partial charge in [-0.05, 0) is 50.2 Å². The number of pyridine rings is 1. The third-order valence-electron chi connectivity index (χ3n) is 2.55. The number of benzene rings is 1. The van der Waals surface area contributed by atoms with Crippen LogP contribution in [0.25, 0.3) is 0 Å². The molecule has 0 saturated heterocycles. The SMILES string of the molecule is CC(C)Oc1ccc(NS(=O)(=O)c2ccc(Cl)nc2Cl)cc1. The minimum Gasteiger partial charge on any atom is -0.491 e. The van der Waals surface area contributed by atoms with Crippen molar-refractivity contribution in [2.24, 2.45) is 0 Å². The Morgan fingerprint density at radius 3 is 2.27 bits per heavy atom. The van der Waals surface area contributed by atoms with Crippen LogP contribution in [0.15, 0.2) is 41.3 Å². The number of aromatic nitrogens is 1. The lowest BCUT2D eigenvalue weighted by Gasteiger charge is -2.12. The van der Waals surface area contributed by atoms with Gasteiger partial charge in [0, 0.05) is 5.69 Å². The van der Waals surface area contributed by atoms with Crippen LogP contribution >= 0.6 is 23.2 Å². The van der Waals surface area contributed by atoms with E-state index in [0.717, 1.165) is 0 Å². The van der Waals surface area contributed by atoms with Crippen LogP contribution in [0.4, 0.5) is 5.69 Å². The summed E-state index contributed by atoms with van der Waals surface area (Å²) in [5, 5.41) is -0.0566. The molecular weight excluding hydrogens is 347 g/mol. The molecule has 0 saturated carbocycles. The van der Waals surface area contributed by atoms with Crippen molar-refractivity contribution in [3.63, 3.8) is 0 Å². The molecule has 5 nitrogen and oxygen atoms in total. The van der Waals surface area contributed by atoms with Crippen molar-refractivity contribution in [2.75, 3.05) is 4.72 Å². The molecule has 118 valence electrons. The van der Waals surface area contributed by atoms with Gasteiger partial charge >= 0.3 is 0 Å². The summed E-state index contributed by atoms with van der Waals surface area (Å²) in [6.07, 6.45) is 0.0430. The second-order valence-electron chi connectivity index (χ2n) is 4.72. The van der Waals surface area contributed by atoms with Gasteiger partial charge in [-0.3, -0.25) is 4.72 Å². The maximum atomic E-state index is 12.3. The molecule has 0 fully saturated rings. The molecule has 0 amide bonds. The average molecular weight is 361 g/mol. The second kappa shape index (κ2) is 6.73. The van der Waals surface area contributed by atoms with Crippen molar-refractivity contribution in [1.29, 1.82) is 0 Å². The number of nitrogens with zero attached hydrogens (tertiary/aromatic N) is 1. The molecule has 0 unspecified atom stereocenters. The highest BCUT2D eigenvalue weighted by molar-refractivity contribution is 7.92. The molecular formula is C14H14Cl2N2O3S. The van der Waals surface area contributed by atoms with Crippen LogP contribution in [-0.4, -0.2) is 19.5 Å². The first kappa shape index (κ1) is 16.9. The van der Waals surface area contributed by atoms with Gasteiger partial charge in [0.2, 0.25) is 0 Å². The smallest absolute Gasteiger partial charge is 0.264 e. The highest BCUT2D eigenvalue weighted by Crippen LogP contribution is 2.25. The maximum Gasteiger partial charge on any atom is 0.264 e. The number of sulfonamides is 1. The van der Waals surface area contributed by atoms with E-state index in [-0.39, 0.29) is 21.3 Å². The van der Waals surface area contributed by atoms with E-state index in [1.807, 2.05) is 13.8 Å². The van der Waals surface area contributed by atoms with E-state index < -0.39 is 10.0 Å². The Hall–Kier alpha value is -1.50. The largest absolute Gasteiger partial charge is 0.491 e. The normalized spacial score (nSPS) is 11.5. The first-order chi connectivity index (χ1) is 10.3. The number of anilines is 1. The first-order valence-corrected chi connectivity index (χ1v) is 8.63. The lowest BCUT2D eigenvalue weighted by molar-refractivity contribution is 0.242. The summed E-state index contributed by atoms with van der Waals surface area (Å²) in [5.41, 5.74) is 0.391. The fourth-order valence-corrected chi connectivity index (χ4v) is 3.40. The molecule has 2 rings (SSSR count). The summed E-state index contributed by atoms with van der Waals surface area (Å²) in [6, 6.07) is 9.23. The van der Waals surface area contributed by atoms with Gasteiger partial charge in [-0.2, -0.15) is 0 Å². The molecule has 2 aromatic rings. The van der Waals surface area contributed by atoms with Crippen LogP contribution in [0.2, 0.25) is 10.3 Å². The number of nitrogens with one attached hydrogen (secondary N) is 1. The van der Waals surface area contributed by atoms with Crippen LogP contribution < -0.4 is 9.46 Å². The molecule has 0 bridgehead atoms. The Morgan fingerprint density at radius 1 is 1.09 bits per heavy atom. The molecule has 8 heteroatoms. The van der Waals surface area contributed by atoms with E-state index in [1.165, 1.54) is 12.1 Å². The predicted molar refractivity (Wildman–Crippen MR) is 87.3 cm³/mol. The number of halogens is 2. The Labute approximate surface area is 139 Å². The van der Waals surface area contributed by atoms with E-state index in [1.54, 1.807) is 24.3 Å². The number of hydrogen-bond acceptors (Lipinski definition) is 4. The zero-order valence-corrected chi connectivity index (χ0v) is 14.2. The van der Waals surface area contributed by atoms with Crippen LogP contribution in [0.1, 0.15) is 13.8 Å². The Kier molecular flexibility index (Phi) is 5.16. The zero-order chi connectivity index (χ0) is 16.3. The molecule has 1 N–H and O–H groups in total. The molecule has 0 atom stereocenters. The summed E-state index contributed by atoms with van der Waals surface area (Å²) < 4.78 is 32.5. The van der Waals surface area contributed by atoms with Crippen molar-refractivity contribution in [3.8, 4) is 5.75 Å². The number of rotatable bonds is 5. The maximum absolute atomic E-state index is 12.3. The molecule has 0 spiro atoms. The lowest BCUT2D eigenvalue weighted by Crippen LogP contribution is -2.14. The van der Waals surface area contributed by atoms with E-state index in [4.69, 9.17) is 27.9 Å². The third-order valence-corrected chi connectivity index (χ3v) is 4.57. The van der Waals surface area contributed by atoms with Crippen LogP contribution in [-0.2, 0) is 10.0 Å².